The van der Waals surface area contributed by atoms with E-state index in [-0.39, 0.29) is 36.5 Å². The lowest BCUT2D eigenvalue weighted by Gasteiger charge is -2.47. The number of rotatable bonds is 5. The number of carbonyl (C=O) groups excluding carboxylic acids is 1. The zero-order valence-corrected chi connectivity index (χ0v) is 24.8. The van der Waals surface area contributed by atoms with E-state index in [0.717, 1.165) is 57.5 Å². The van der Waals surface area contributed by atoms with Crippen LogP contribution < -0.4 is 26.2 Å². The number of aliphatic hydroxyl groups is 1. The van der Waals surface area contributed by atoms with Crippen LogP contribution in [0, 0.1) is 5.92 Å². The minimum atomic E-state index is -0.789. The molecule has 5 heterocycles. The maximum absolute atomic E-state index is 13.7. The van der Waals surface area contributed by atoms with Crippen molar-refractivity contribution in [3.8, 4) is 0 Å². The third-order valence-electron chi connectivity index (χ3n) is 9.63. The first kappa shape index (κ1) is 28.9. The summed E-state index contributed by atoms with van der Waals surface area (Å²) in [6, 6.07) is 6.53. The van der Waals surface area contributed by atoms with Gasteiger partial charge in [0.2, 0.25) is 5.91 Å². The van der Waals surface area contributed by atoms with Crippen LogP contribution in [0.2, 0.25) is 0 Å². The topological polar surface area (TPSA) is 108 Å². The van der Waals surface area contributed by atoms with Crippen LogP contribution in [-0.4, -0.2) is 110 Å². The minimum absolute atomic E-state index is 0.00240. The van der Waals surface area contributed by atoms with E-state index in [1.165, 1.54) is 11.3 Å². The summed E-state index contributed by atoms with van der Waals surface area (Å²) < 4.78 is 5.58. The highest BCUT2D eigenvalue weighted by molar-refractivity contribution is 5.82. The molecule has 1 amide bonds. The molecule has 4 fully saturated rings. The van der Waals surface area contributed by atoms with Gasteiger partial charge in [-0.2, -0.15) is 5.01 Å². The van der Waals surface area contributed by atoms with E-state index in [2.05, 4.69) is 73.5 Å². The second-order valence-electron chi connectivity index (χ2n) is 12.6. The lowest BCUT2D eigenvalue weighted by atomic mass is 9.85. The van der Waals surface area contributed by atoms with Gasteiger partial charge in [0.15, 0.2) is 0 Å². The molecule has 1 aromatic carbocycles. The van der Waals surface area contributed by atoms with Crippen LogP contribution in [0.25, 0.3) is 0 Å². The number of benzene rings is 1. The number of ether oxygens (including phenoxy) is 1. The fraction of sp³-hybridized carbons (Fsp3) is 0.700. The Morgan fingerprint density at radius 2 is 1.98 bits per heavy atom. The number of allylic oxidation sites excluding steroid dienone is 1. The number of nitrogens with zero attached hydrogens (tertiary/aromatic N) is 4. The van der Waals surface area contributed by atoms with E-state index in [0.29, 0.717) is 26.1 Å². The number of fused-ring (bicyclic) bond motifs is 6. The number of likely N-dealkylation sites (N-methyl/N-ethyl adjacent to an activating group) is 1. The summed E-state index contributed by atoms with van der Waals surface area (Å²) in [5.41, 5.74) is 2.62. The summed E-state index contributed by atoms with van der Waals surface area (Å²) in [5, 5.41) is 30.0. The maximum Gasteiger partial charge on any atom is 0.244 e. The molecule has 6 rings (SSSR count). The predicted molar refractivity (Wildman–Crippen MR) is 160 cm³/mol. The standard InChI is InChI=1S/C30H48N8O3/c1-30(40)12-5-4-6-13-37-28(39)23-19-31-29(34-27(23)38(37)26-9-7-8-25(30)33-26)32-22-10-11-24(21(18-22)20-41-3)36-16-14-35(2)15-17-36/h4,6,10-11,18,23,25-27,29,31-34,40H,5,7-9,12-17,19-20H2,1-3H3/b6-4-/t23?,25?,26?,27?,29?,30-/m1/s1. The second kappa shape index (κ2) is 12.2. The van der Waals surface area contributed by atoms with Gasteiger partial charge in [-0.25, -0.2) is 0 Å². The highest BCUT2D eigenvalue weighted by Crippen LogP contribution is 2.34. The van der Waals surface area contributed by atoms with E-state index in [1.54, 1.807) is 7.11 Å². The highest BCUT2D eigenvalue weighted by Gasteiger charge is 2.52. The lowest BCUT2D eigenvalue weighted by molar-refractivity contribution is -0.146. The van der Waals surface area contributed by atoms with Crippen molar-refractivity contribution in [1.82, 2.24) is 30.9 Å². The van der Waals surface area contributed by atoms with Crippen molar-refractivity contribution in [1.29, 1.82) is 0 Å². The summed E-state index contributed by atoms with van der Waals surface area (Å²) in [5.74, 6) is -0.0392. The number of carbonyl (C=O) groups is 1. The number of nitrogens with one attached hydrogen (secondary N) is 4. The molecule has 41 heavy (non-hydrogen) atoms. The maximum atomic E-state index is 13.7. The van der Waals surface area contributed by atoms with Gasteiger partial charge in [0.1, 0.15) is 6.29 Å². The fourth-order valence-electron chi connectivity index (χ4n) is 7.20. The van der Waals surface area contributed by atoms with Crippen molar-refractivity contribution in [3.05, 3.63) is 35.9 Å². The van der Waals surface area contributed by atoms with E-state index in [9.17, 15) is 9.90 Å². The van der Waals surface area contributed by atoms with Crippen LogP contribution in [0.5, 0.6) is 0 Å². The number of hydrazine groups is 1. The largest absolute Gasteiger partial charge is 0.389 e. The molecule has 5 N–H and O–H groups in total. The van der Waals surface area contributed by atoms with Gasteiger partial charge in [-0.3, -0.25) is 25.8 Å². The predicted octanol–water partition coefficient (Wildman–Crippen LogP) is 1.04. The van der Waals surface area contributed by atoms with Gasteiger partial charge in [0.05, 0.1) is 37.0 Å². The molecule has 1 aromatic rings. The number of amides is 1. The van der Waals surface area contributed by atoms with Crippen molar-refractivity contribution >= 4 is 17.3 Å². The van der Waals surface area contributed by atoms with Crippen molar-refractivity contribution in [2.75, 3.05) is 63.6 Å². The van der Waals surface area contributed by atoms with Crippen LogP contribution >= 0.6 is 0 Å². The molecule has 0 radical (unpaired) electrons. The Labute approximate surface area is 244 Å². The van der Waals surface area contributed by atoms with Crippen molar-refractivity contribution in [2.24, 2.45) is 5.92 Å². The van der Waals surface area contributed by atoms with Crippen molar-refractivity contribution in [3.63, 3.8) is 0 Å². The SMILES string of the molecule is COCc1cc(NC2NCC3C(=O)N4C/C=C\CC[C@@](C)(O)C5CCCC(N5)N4C3N2)ccc1N1CCN(C)CC1. The number of hydrogen-bond acceptors (Lipinski definition) is 10. The van der Waals surface area contributed by atoms with Crippen molar-refractivity contribution in [2.45, 2.75) is 75.9 Å². The first-order chi connectivity index (χ1) is 19.8. The van der Waals surface area contributed by atoms with Crippen molar-refractivity contribution < 1.29 is 14.6 Å². The summed E-state index contributed by atoms with van der Waals surface area (Å²) in [4.78, 5) is 18.5. The number of anilines is 2. The average molecular weight is 569 g/mol. The van der Waals surface area contributed by atoms with Gasteiger partial charge >= 0.3 is 0 Å². The van der Waals surface area contributed by atoms with Gasteiger partial charge in [-0.05, 0) is 64.3 Å². The van der Waals surface area contributed by atoms with Gasteiger partial charge in [0.25, 0.3) is 0 Å². The number of hydrogen-bond donors (Lipinski definition) is 5. The van der Waals surface area contributed by atoms with Crippen LogP contribution in [0.4, 0.5) is 11.4 Å². The van der Waals surface area contributed by atoms with E-state index in [1.807, 2.05) is 11.9 Å². The summed E-state index contributed by atoms with van der Waals surface area (Å²) in [7, 11) is 3.92. The normalized spacial score (nSPS) is 35.9. The first-order valence-electron chi connectivity index (χ1n) is 15.4. The molecule has 5 unspecified atom stereocenters. The molecule has 0 aromatic heterocycles. The summed E-state index contributed by atoms with van der Waals surface area (Å²) >= 11 is 0. The fourth-order valence-corrected chi connectivity index (χ4v) is 7.20. The number of piperazine rings is 1. The third kappa shape index (κ3) is 5.99. The van der Waals surface area contributed by atoms with Crippen LogP contribution in [0.15, 0.2) is 30.4 Å². The van der Waals surface area contributed by atoms with Gasteiger partial charge < -0.3 is 25.0 Å². The van der Waals surface area contributed by atoms with Crippen LogP contribution in [0.3, 0.4) is 0 Å². The molecule has 0 saturated carbocycles. The number of methoxy groups -OCH3 is 1. The smallest absolute Gasteiger partial charge is 0.244 e. The molecule has 11 heteroatoms. The summed E-state index contributed by atoms with van der Waals surface area (Å²) in [6.07, 6.45) is 8.21. The Balaban J connectivity index is 1.20. The van der Waals surface area contributed by atoms with Crippen LogP contribution in [-0.2, 0) is 16.1 Å². The monoisotopic (exact) mass is 568 g/mol. The molecule has 0 spiro atoms. The van der Waals surface area contributed by atoms with Gasteiger partial charge in [-0.1, -0.05) is 12.2 Å². The quantitative estimate of drug-likeness (QED) is 0.331. The number of piperidine rings is 1. The Morgan fingerprint density at radius 1 is 1.15 bits per heavy atom. The molecule has 0 aliphatic carbocycles. The van der Waals surface area contributed by atoms with E-state index < -0.39 is 5.60 Å². The Bertz CT molecular complexity index is 1110. The molecule has 226 valence electrons. The summed E-state index contributed by atoms with van der Waals surface area (Å²) in [6.45, 7) is 7.77. The molecule has 4 saturated heterocycles. The second-order valence-corrected chi connectivity index (χ2v) is 12.6. The third-order valence-corrected chi connectivity index (χ3v) is 9.63. The molecule has 11 nitrogen and oxygen atoms in total. The van der Waals surface area contributed by atoms with Gasteiger partial charge in [-0.15, -0.1) is 0 Å². The molecule has 2 bridgehead atoms. The van der Waals surface area contributed by atoms with E-state index in [4.69, 9.17) is 4.74 Å². The molecular formula is C30H48N8O3. The molecule has 6 atom stereocenters. The zero-order valence-electron chi connectivity index (χ0n) is 24.8. The Hall–Kier alpha value is -2.25. The Kier molecular flexibility index (Phi) is 8.56. The van der Waals surface area contributed by atoms with Gasteiger partial charge in [0, 0.05) is 62.8 Å². The molecule has 5 aliphatic rings. The first-order valence-corrected chi connectivity index (χ1v) is 15.4. The zero-order chi connectivity index (χ0) is 28.6. The van der Waals surface area contributed by atoms with E-state index >= 15 is 0 Å². The average Bonchev–Trinajstić information content (AvgIpc) is 3.23. The highest BCUT2D eigenvalue weighted by atomic mass is 16.5. The molecule has 5 aliphatic heterocycles. The lowest BCUT2D eigenvalue weighted by Crippen LogP contribution is -2.69. The van der Waals surface area contributed by atoms with Crippen LogP contribution in [0.1, 0.15) is 44.6 Å². The minimum Gasteiger partial charge on any atom is -0.389 e. The Morgan fingerprint density at radius 3 is 2.78 bits per heavy atom. The molecular weight excluding hydrogens is 520 g/mol.